The van der Waals surface area contributed by atoms with Crippen LogP contribution in [-0.2, 0) is 11.3 Å². The highest BCUT2D eigenvalue weighted by Crippen LogP contribution is 2.38. The van der Waals surface area contributed by atoms with Crippen molar-refractivity contribution in [1.82, 2.24) is 9.88 Å². The Balaban J connectivity index is 1.60. The summed E-state index contributed by atoms with van der Waals surface area (Å²) in [5.74, 6) is 0. The minimum atomic E-state index is -1.21. The molecule has 2 aliphatic carbocycles. The summed E-state index contributed by atoms with van der Waals surface area (Å²) in [6.07, 6.45) is 6.49. The molecule has 2 heterocycles. The van der Waals surface area contributed by atoms with Crippen LogP contribution in [-0.4, -0.2) is 45.5 Å². The number of ether oxygens (including phenoxy) is 1. The molecule has 1 aromatic heterocycles. The van der Waals surface area contributed by atoms with E-state index in [0.29, 0.717) is 37.9 Å². The summed E-state index contributed by atoms with van der Waals surface area (Å²) in [6, 6.07) is 1.65. The van der Waals surface area contributed by atoms with E-state index in [2.05, 4.69) is 9.98 Å². The van der Waals surface area contributed by atoms with Crippen molar-refractivity contribution >= 4 is 23.5 Å². The van der Waals surface area contributed by atoms with Gasteiger partial charge in [-0.15, -0.1) is 0 Å². The number of aliphatic imine (C=N–C) groups is 1. The second-order valence-corrected chi connectivity index (χ2v) is 10.3. The molecule has 8 heteroatoms. The standard InChI is InChI=1S/C26H33FN4O3/c1-16-7-6-8-21(27)23(16)30-15-18-14-28-17(2)13-22(18)31(25(30)33)20-11-9-19(10-12-20)29-24(32)34-26(3,4)5/h6-7,13-14,20-21H,8-12,15H2,1-5H3. The number of nitrogens with zero attached hydrogens (tertiary/aromatic N) is 4. The van der Waals surface area contributed by atoms with Crippen molar-refractivity contribution in [2.75, 3.05) is 4.90 Å². The molecule has 0 saturated heterocycles. The summed E-state index contributed by atoms with van der Waals surface area (Å²) in [5.41, 5.74) is 3.97. The quantitative estimate of drug-likeness (QED) is 0.532. The zero-order chi connectivity index (χ0) is 24.6. The molecule has 3 aliphatic rings. The molecular weight excluding hydrogens is 435 g/mol. The van der Waals surface area contributed by atoms with Gasteiger partial charge in [-0.25, -0.2) is 14.0 Å². The predicted octanol–water partition coefficient (Wildman–Crippen LogP) is 6.02. The molecule has 34 heavy (non-hydrogen) atoms. The van der Waals surface area contributed by atoms with Gasteiger partial charge in [0.15, 0.2) is 0 Å². The van der Waals surface area contributed by atoms with Gasteiger partial charge in [0.1, 0.15) is 11.8 Å². The molecule has 1 aliphatic heterocycles. The van der Waals surface area contributed by atoms with Crippen molar-refractivity contribution in [1.29, 1.82) is 0 Å². The van der Waals surface area contributed by atoms with E-state index in [4.69, 9.17) is 4.74 Å². The lowest BCUT2D eigenvalue weighted by molar-refractivity contribution is 0.0603. The lowest BCUT2D eigenvalue weighted by Gasteiger charge is -2.44. The number of fused-ring (bicyclic) bond motifs is 1. The maximum atomic E-state index is 15.0. The second kappa shape index (κ2) is 9.31. The molecule has 0 bridgehead atoms. The van der Waals surface area contributed by atoms with Gasteiger partial charge in [0.05, 0.1) is 17.9 Å². The number of pyridine rings is 1. The Bertz CT molecular complexity index is 1080. The topological polar surface area (TPSA) is 75.1 Å². The van der Waals surface area contributed by atoms with Crippen LogP contribution in [0.1, 0.15) is 71.1 Å². The third-order valence-corrected chi connectivity index (χ3v) is 6.37. The number of aromatic nitrogens is 1. The molecule has 1 fully saturated rings. The lowest BCUT2D eigenvalue weighted by Crippen LogP contribution is -2.53. The number of anilines is 1. The average molecular weight is 469 g/mol. The first-order chi connectivity index (χ1) is 16.0. The molecule has 4 rings (SSSR count). The van der Waals surface area contributed by atoms with Crippen LogP contribution in [0.15, 0.2) is 40.7 Å². The third-order valence-electron chi connectivity index (χ3n) is 6.37. The normalized spacial score (nSPS) is 23.2. The zero-order valence-corrected chi connectivity index (χ0v) is 20.6. The fraction of sp³-hybridized carbons (Fsp3) is 0.538. The fourth-order valence-electron chi connectivity index (χ4n) is 4.84. The van der Waals surface area contributed by atoms with Crippen LogP contribution in [0, 0.1) is 6.92 Å². The number of carbonyl (C=O) groups is 2. The Morgan fingerprint density at radius 1 is 1.24 bits per heavy atom. The zero-order valence-electron chi connectivity index (χ0n) is 20.6. The minimum Gasteiger partial charge on any atom is -0.442 e. The third kappa shape index (κ3) is 5.05. The first-order valence-corrected chi connectivity index (χ1v) is 11.9. The van der Waals surface area contributed by atoms with Gasteiger partial charge in [0.2, 0.25) is 0 Å². The van der Waals surface area contributed by atoms with Crippen molar-refractivity contribution in [2.45, 2.75) is 91.1 Å². The smallest absolute Gasteiger partial charge is 0.434 e. The molecule has 1 atom stereocenters. The van der Waals surface area contributed by atoms with Crippen LogP contribution in [0.2, 0.25) is 0 Å². The van der Waals surface area contributed by atoms with Gasteiger partial charge in [-0.3, -0.25) is 14.8 Å². The number of allylic oxidation sites excluding steroid dienone is 4. The van der Waals surface area contributed by atoms with E-state index in [1.165, 1.54) is 0 Å². The van der Waals surface area contributed by atoms with Crippen molar-refractivity contribution in [3.8, 4) is 0 Å². The van der Waals surface area contributed by atoms with E-state index in [1.807, 2.05) is 51.7 Å². The van der Waals surface area contributed by atoms with Crippen LogP contribution in [0.5, 0.6) is 0 Å². The predicted molar refractivity (Wildman–Crippen MR) is 130 cm³/mol. The summed E-state index contributed by atoms with van der Waals surface area (Å²) in [4.78, 5) is 37.9. The molecule has 0 N–H and O–H groups in total. The summed E-state index contributed by atoms with van der Waals surface area (Å²) in [5, 5.41) is 0. The summed E-state index contributed by atoms with van der Waals surface area (Å²) >= 11 is 0. The van der Waals surface area contributed by atoms with Gasteiger partial charge in [0, 0.05) is 35.6 Å². The number of rotatable bonds is 2. The Labute approximate surface area is 200 Å². The van der Waals surface area contributed by atoms with Gasteiger partial charge in [-0.05, 0) is 71.9 Å². The molecule has 1 aromatic rings. The van der Waals surface area contributed by atoms with Crippen LogP contribution in [0.4, 0.5) is 19.7 Å². The Morgan fingerprint density at radius 2 is 1.94 bits per heavy atom. The fourth-order valence-corrected chi connectivity index (χ4v) is 4.84. The number of alkyl halides is 1. The van der Waals surface area contributed by atoms with Crippen molar-refractivity contribution in [2.24, 2.45) is 4.99 Å². The maximum absolute atomic E-state index is 15.0. The minimum absolute atomic E-state index is 0.0773. The molecule has 0 radical (unpaired) electrons. The van der Waals surface area contributed by atoms with Gasteiger partial charge in [0.25, 0.3) is 0 Å². The Morgan fingerprint density at radius 3 is 2.59 bits per heavy atom. The monoisotopic (exact) mass is 468 g/mol. The first kappa shape index (κ1) is 24.1. The van der Waals surface area contributed by atoms with E-state index >= 15 is 0 Å². The second-order valence-electron chi connectivity index (χ2n) is 10.3. The first-order valence-electron chi connectivity index (χ1n) is 11.9. The van der Waals surface area contributed by atoms with E-state index in [-0.39, 0.29) is 18.5 Å². The van der Waals surface area contributed by atoms with Crippen LogP contribution < -0.4 is 4.90 Å². The van der Waals surface area contributed by atoms with E-state index in [9.17, 15) is 14.0 Å². The average Bonchev–Trinajstić information content (AvgIpc) is 2.74. The number of hydrogen-bond donors (Lipinski definition) is 0. The highest BCUT2D eigenvalue weighted by atomic mass is 19.1. The van der Waals surface area contributed by atoms with Crippen molar-refractivity contribution in [3.05, 3.63) is 46.9 Å². The van der Waals surface area contributed by atoms with E-state index < -0.39 is 17.9 Å². The van der Waals surface area contributed by atoms with Gasteiger partial charge < -0.3 is 4.74 Å². The highest BCUT2D eigenvalue weighted by molar-refractivity contribution is 5.98. The van der Waals surface area contributed by atoms with E-state index in [0.717, 1.165) is 28.2 Å². The van der Waals surface area contributed by atoms with Gasteiger partial charge in [-0.1, -0.05) is 12.2 Å². The number of amides is 3. The Hall–Kier alpha value is -3.03. The molecule has 1 unspecified atom stereocenters. The molecule has 0 spiro atoms. The molecular formula is C26H33FN4O3. The number of urea groups is 1. The van der Waals surface area contributed by atoms with Gasteiger partial charge in [-0.2, -0.15) is 4.99 Å². The van der Waals surface area contributed by atoms with Crippen molar-refractivity contribution in [3.63, 3.8) is 0 Å². The molecule has 182 valence electrons. The lowest BCUT2D eigenvalue weighted by atomic mass is 9.91. The van der Waals surface area contributed by atoms with Crippen LogP contribution in [0.25, 0.3) is 0 Å². The highest BCUT2D eigenvalue weighted by Gasteiger charge is 2.40. The number of halogens is 1. The summed E-state index contributed by atoms with van der Waals surface area (Å²) in [7, 11) is 0. The van der Waals surface area contributed by atoms with Crippen LogP contribution in [0.3, 0.4) is 0 Å². The Kier molecular flexibility index (Phi) is 6.60. The summed E-state index contributed by atoms with van der Waals surface area (Å²) < 4.78 is 20.3. The molecule has 1 saturated carbocycles. The number of hydrogen-bond acceptors (Lipinski definition) is 4. The van der Waals surface area contributed by atoms with E-state index in [1.54, 1.807) is 17.2 Å². The largest absolute Gasteiger partial charge is 0.442 e. The summed E-state index contributed by atoms with van der Waals surface area (Å²) in [6.45, 7) is 9.48. The molecule has 0 aromatic carbocycles. The number of aryl methyl sites for hydroxylation is 1. The molecule has 3 amide bonds. The molecule has 7 nitrogen and oxygen atoms in total. The SMILES string of the molecule is CC1=C(N2Cc3cnc(C)cc3N(C3CCC(=NC(=O)OC(C)(C)C)CC3)C2=O)C(F)CC=C1. The van der Waals surface area contributed by atoms with Crippen LogP contribution >= 0.6 is 0 Å². The van der Waals surface area contributed by atoms with Crippen molar-refractivity contribution < 1.29 is 18.7 Å². The maximum Gasteiger partial charge on any atom is 0.434 e. The number of carbonyl (C=O) groups excluding carboxylic acids is 2. The van der Waals surface area contributed by atoms with Gasteiger partial charge >= 0.3 is 12.1 Å².